The molecule has 2 aromatic heterocycles. The van der Waals surface area contributed by atoms with Gasteiger partial charge < -0.3 is 14.4 Å². The maximum atomic E-state index is 12.6. The van der Waals surface area contributed by atoms with Crippen molar-refractivity contribution in [3.63, 3.8) is 0 Å². The van der Waals surface area contributed by atoms with E-state index in [-0.39, 0.29) is 24.3 Å². The van der Waals surface area contributed by atoms with Gasteiger partial charge in [-0.3, -0.25) is 14.3 Å². The first-order valence-corrected chi connectivity index (χ1v) is 11.2. The van der Waals surface area contributed by atoms with Crippen LogP contribution in [0, 0.1) is 0 Å². The molecule has 4 rings (SSSR count). The lowest BCUT2D eigenvalue weighted by Gasteiger charge is -2.15. The normalized spacial score (nSPS) is 12.2. The number of aromatic nitrogens is 4. The summed E-state index contributed by atoms with van der Waals surface area (Å²) in [4.78, 5) is 31.5. The van der Waals surface area contributed by atoms with Crippen LogP contribution in [-0.4, -0.2) is 36.9 Å². The fourth-order valence-corrected chi connectivity index (χ4v) is 4.29. The minimum atomic E-state index is -0.921. The molecular formula is C22H21ClN4O4S. The lowest BCUT2D eigenvalue weighted by Crippen LogP contribution is -2.30. The first-order chi connectivity index (χ1) is 15.4. The number of ether oxygens (including phenoxy) is 1. The second-order valence-electron chi connectivity index (χ2n) is 7.19. The fraction of sp³-hybridized carbons (Fsp3) is 0.227. The van der Waals surface area contributed by atoms with Crippen LogP contribution in [0.1, 0.15) is 5.56 Å². The van der Waals surface area contributed by atoms with Crippen LogP contribution in [0.4, 0.5) is 0 Å². The van der Waals surface area contributed by atoms with E-state index in [9.17, 15) is 14.7 Å². The van der Waals surface area contributed by atoms with Gasteiger partial charge in [-0.2, -0.15) is 0 Å². The van der Waals surface area contributed by atoms with Gasteiger partial charge in [0.1, 0.15) is 18.5 Å². The first kappa shape index (κ1) is 22.2. The Balaban J connectivity index is 1.61. The summed E-state index contributed by atoms with van der Waals surface area (Å²) >= 11 is 7.30. The highest BCUT2D eigenvalue weighted by atomic mass is 35.5. The number of nitrogens with one attached hydrogen (secondary N) is 1. The molecule has 2 N–H and O–H groups in total. The minimum Gasteiger partial charge on any atom is -0.491 e. The summed E-state index contributed by atoms with van der Waals surface area (Å²) in [5, 5.41) is 11.8. The van der Waals surface area contributed by atoms with Gasteiger partial charge in [-0.15, -0.1) is 0 Å². The standard InChI is InChI=1S/C22H21ClN4O4S/c1-26-19-18(20(29)25-21(26)30)27(22(24-19)32-13-14-5-3-2-4-6-14)11-16(28)12-31-17-9-7-15(23)8-10-17/h2-10,16,28H,11-13H2,1H3,(H,25,29,30). The molecular weight excluding hydrogens is 452 g/mol. The Kier molecular flexibility index (Phi) is 6.69. The van der Waals surface area contributed by atoms with E-state index in [0.29, 0.717) is 21.7 Å². The number of aromatic amines is 1. The second kappa shape index (κ2) is 9.64. The smallest absolute Gasteiger partial charge is 0.329 e. The Morgan fingerprint density at radius 3 is 2.59 bits per heavy atom. The summed E-state index contributed by atoms with van der Waals surface area (Å²) in [7, 11) is 1.55. The van der Waals surface area contributed by atoms with Crippen molar-refractivity contribution in [2.45, 2.75) is 23.6 Å². The van der Waals surface area contributed by atoms with E-state index in [0.717, 1.165) is 5.56 Å². The number of imidazole rings is 1. The van der Waals surface area contributed by atoms with Gasteiger partial charge in [-0.05, 0) is 29.8 Å². The van der Waals surface area contributed by atoms with Crippen molar-refractivity contribution >= 4 is 34.5 Å². The molecule has 0 saturated carbocycles. The lowest BCUT2D eigenvalue weighted by molar-refractivity contribution is 0.0914. The molecule has 4 aromatic rings. The van der Waals surface area contributed by atoms with Gasteiger partial charge >= 0.3 is 5.69 Å². The first-order valence-electron chi connectivity index (χ1n) is 9.85. The highest BCUT2D eigenvalue weighted by Crippen LogP contribution is 2.25. The average molecular weight is 473 g/mol. The Labute approximate surface area is 192 Å². The monoisotopic (exact) mass is 472 g/mol. The Bertz CT molecular complexity index is 1330. The molecule has 8 nitrogen and oxygen atoms in total. The molecule has 0 amide bonds. The van der Waals surface area contributed by atoms with Crippen LogP contribution in [0.2, 0.25) is 5.02 Å². The highest BCUT2D eigenvalue weighted by molar-refractivity contribution is 7.98. The number of aliphatic hydroxyl groups is 1. The van der Waals surface area contributed by atoms with E-state index < -0.39 is 17.4 Å². The highest BCUT2D eigenvalue weighted by Gasteiger charge is 2.20. The van der Waals surface area contributed by atoms with Crippen LogP contribution < -0.4 is 16.0 Å². The number of aliphatic hydroxyl groups excluding tert-OH is 1. The second-order valence-corrected chi connectivity index (χ2v) is 8.57. The van der Waals surface area contributed by atoms with Gasteiger partial charge in [0, 0.05) is 17.8 Å². The van der Waals surface area contributed by atoms with Crippen molar-refractivity contribution < 1.29 is 9.84 Å². The quantitative estimate of drug-likeness (QED) is 0.382. The van der Waals surface area contributed by atoms with Crippen molar-refractivity contribution in [3.05, 3.63) is 86.0 Å². The molecule has 32 heavy (non-hydrogen) atoms. The van der Waals surface area contributed by atoms with E-state index in [1.165, 1.54) is 16.3 Å². The third-order valence-electron chi connectivity index (χ3n) is 4.83. The molecule has 166 valence electrons. The summed E-state index contributed by atoms with van der Waals surface area (Å²) in [6.07, 6.45) is -0.921. The number of benzene rings is 2. The number of hydrogen-bond acceptors (Lipinski definition) is 6. The predicted octanol–water partition coefficient (Wildman–Crippen LogP) is 2.81. The van der Waals surface area contributed by atoms with Gasteiger partial charge in [0.2, 0.25) is 0 Å². The minimum absolute atomic E-state index is 0.00770. The van der Waals surface area contributed by atoms with E-state index >= 15 is 0 Å². The van der Waals surface area contributed by atoms with Crippen LogP contribution in [0.25, 0.3) is 11.2 Å². The maximum absolute atomic E-state index is 12.6. The lowest BCUT2D eigenvalue weighted by atomic mass is 10.2. The van der Waals surface area contributed by atoms with Gasteiger partial charge in [-0.1, -0.05) is 53.7 Å². The van der Waals surface area contributed by atoms with Crippen molar-refractivity contribution in [3.8, 4) is 5.75 Å². The molecule has 0 saturated heterocycles. The van der Waals surface area contributed by atoms with Crippen LogP contribution in [-0.2, 0) is 19.3 Å². The predicted molar refractivity (Wildman–Crippen MR) is 125 cm³/mol. The van der Waals surface area contributed by atoms with Crippen molar-refractivity contribution in [1.29, 1.82) is 0 Å². The summed E-state index contributed by atoms with van der Waals surface area (Å²) in [6.45, 7) is 0.0796. The zero-order chi connectivity index (χ0) is 22.7. The number of halogens is 1. The van der Waals surface area contributed by atoms with Crippen molar-refractivity contribution in [1.82, 2.24) is 19.1 Å². The zero-order valence-corrected chi connectivity index (χ0v) is 18.8. The topological polar surface area (TPSA) is 102 Å². The molecule has 0 bridgehead atoms. The third-order valence-corrected chi connectivity index (χ3v) is 6.13. The molecule has 10 heteroatoms. The number of H-pyrrole nitrogens is 1. The molecule has 0 spiro atoms. The van der Waals surface area contributed by atoms with Gasteiger partial charge in [-0.25, -0.2) is 9.78 Å². The number of rotatable bonds is 8. The number of aryl methyl sites for hydroxylation is 1. The van der Waals surface area contributed by atoms with Crippen LogP contribution in [0.3, 0.4) is 0 Å². The van der Waals surface area contributed by atoms with Crippen LogP contribution in [0.5, 0.6) is 5.75 Å². The maximum Gasteiger partial charge on any atom is 0.329 e. The Hall–Kier alpha value is -3.01. The summed E-state index contributed by atoms with van der Waals surface area (Å²) in [6, 6.07) is 16.7. The summed E-state index contributed by atoms with van der Waals surface area (Å²) in [5.74, 6) is 1.19. The fourth-order valence-electron chi connectivity index (χ4n) is 3.20. The molecule has 0 fully saturated rings. The number of thioether (sulfide) groups is 1. The van der Waals surface area contributed by atoms with Gasteiger partial charge in [0.05, 0.1) is 6.54 Å². The van der Waals surface area contributed by atoms with Crippen molar-refractivity contribution in [2.24, 2.45) is 7.05 Å². The van der Waals surface area contributed by atoms with E-state index in [1.54, 1.807) is 35.9 Å². The van der Waals surface area contributed by atoms with E-state index in [2.05, 4.69) is 9.97 Å². The summed E-state index contributed by atoms with van der Waals surface area (Å²) in [5.41, 5.74) is 0.491. The molecule has 1 unspecified atom stereocenters. The molecule has 2 heterocycles. The van der Waals surface area contributed by atoms with Crippen molar-refractivity contribution in [2.75, 3.05) is 6.61 Å². The molecule has 0 aliphatic rings. The number of nitrogens with zero attached hydrogens (tertiary/aromatic N) is 3. The number of fused-ring (bicyclic) bond motifs is 1. The summed E-state index contributed by atoms with van der Waals surface area (Å²) < 4.78 is 8.56. The van der Waals surface area contributed by atoms with E-state index in [1.807, 2.05) is 30.3 Å². The molecule has 1 atom stereocenters. The SMILES string of the molecule is Cn1c(=O)[nH]c(=O)c2c1nc(SCc1ccccc1)n2CC(O)COc1ccc(Cl)cc1. The zero-order valence-electron chi connectivity index (χ0n) is 17.2. The molecule has 0 aliphatic heterocycles. The van der Waals surface area contributed by atoms with Gasteiger partial charge in [0.15, 0.2) is 16.3 Å². The Morgan fingerprint density at radius 2 is 1.88 bits per heavy atom. The molecule has 2 aromatic carbocycles. The Morgan fingerprint density at radius 1 is 1.16 bits per heavy atom. The van der Waals surface area contributed by atoms with Crippen LogP contribution in [0.15, 0.2) is 69.3 Å². The third kappa shape index (κ3) is 4.90. The molecule has 0 aliphatic carbocycles. The van der Waals surface area contributed by atoms with Crippen LogP contribution >= 0.6 is 23.4 Å². The number of hydrogen-bond donors (Lipinski definition) is 2. The van der Waals surface area contributed by atoms with Gasteiger partial charge in [0.25, 0.3) is 5.56 Å². The van der Waals surface area contributed by atoms with E-state index in [4.69, 9.17) is 16.3 Å². The average Bonchev–Trinajstić information content (AvgIpc) is 3.15. The molecule has 0 radical (unpaired) electrons. The largest absolute Gasteiger partial charge is 0.491 e.